The number of carbonyl (C=O) groups is 2. The van der Waals surface area contributed by atoms with Crippen molar-refractivity contribution in [2.45, 2.75) is 26.4 Å². The summed E-state index contributed by atoms with van der Waals surface area (Å²) in [6, 6.07) is 18.3. The lowest BCUT2D eigenvalue weighted by atomic mass is 10.1. The third-order valence-electron chi connectivity index (χ3n) is 5.55. The molecule has 1 aliphatic rings. The van der Waals surface area contributed by atoms with Crippen molar-refractivity contribution in [3.8, 4) is 0 Å². The third kappa shape index (κ3) is 5.72. The molecular weight excluding hydrogens is 418 g/mol. The van der Waals surface area contributed by atoms with Crippen molar-refractivity contribution >= 4 is 29.1 Å². The van der Waals surface area contributed by atoms with Gasteiger partial charge in [-0.2, -0.15) is 0 Å². The summed E-state index contributed by atoms with van der Waals surface area (Å²) in [5, 5.41) is 16.4. The molecule has 0 radical (unpaired) electrons. The van der Waals surface area contributed by atoms with E-state index in [1.807, 2.05) is 62.4 Å². The molecule has 8 heteroatoms. The Morgan fingerprint density at radius 2 is 1.70 bits per heavy atom. The number of aliphatic hydroxyl groups excluding tert-OH is 1. The molecule has 2 aromatic carbocycles. The lowest BCUT2D eigenvalue weighted by Gasteiger charge is -2.20. The maximum Gasteiger partial charge on any atom is 0.229 e. The van der Waals surface area contributed by atoms with Gasteiger partial charge >= 0.3 is 0 Å². The zero-order chi connectivity index (χ0) is 23.4. The van der Waals surface area contributed by atoms with Crippen LogP contribution >= 0.6 is 0 Å². The Kier molecular flexibility index (Phi) is 6.65. The van der Waals surface area contributed by atoms with Crippen LogP contribution in [0.25, 0.3) is 0 Å². The van der Waals surface area contributed by atoms with Gasteiger partial charge in [-0.15, -0.1) is 0 Å². The van der Waals surface area contributed by atoms with Crippen molar-refractivity contribution in [3.05, 3.63) is 77.6 Å². The summed E-state index contributed by atoms with van der Waals surface area (Å²) in [6.45, 7) is 4.29. The maximum absolute atomic E-state index is 12.7. The number of likely N-dealkylation sites (tertiary alicyclic amines) is 1. The fourth-order valence-electron chi connectivity index (χ4n) is 3.91. The first-order chi connectivity index (χ1) is 15.9. The summed E-state index contributed by atoms with van der Waals surface area (Å²) in [6.07, 6.45) is -0.644. The number of benzene rings is 2. The van der Waals surface area contributed by atoms with Crippen molar-refractivity contribution in [1.29, 1.82) is 0 Å². The standard InChI is InChI=1S/C25H27N5O3/c1-16-12-17(2)27-25(26-16)29-21-10-8-20(9-11-21)28-24(33)19-13-23(32)30(14-19)15-22(31)18-6-4-3-5-7-18/h3-12,19,22,31H,13-15H2,1-2H3,(H,28,33)(H,26,27,29). The van der Waals surface area contributed by atoms with E-state index in [1.165, 1.54) is 0 Å². The van der Waals surface area contributed by atoms with E-state index in [2.05, 4.69) is 20.6 Å². The van der Waals surface area contributed by atoms with Crippen molar-refractivity contribution in [1.82, 2.24) is 14.9 Å². The van der Waals surface area contributed by atoms with E-state index in [-0.39, 0.29) is 31.3 Å². The quantitative estimate of drug-likeness (QED) is 0.515. The molecule has 3 N–H and O–H groups in total. The van der Waals surface area contributed by atoms with Gasteiger partial charge in [0.05, 0.1) is 18.6 Å². The SMILES string of the molecule is Cc1cc(C)nc(Nc2ccc(NC(=O)C3CC(=O)N(CC(O)c4ccccc4)C3)cc2)n1. The first-order valence-electron chi connectivity index (χ1n) is 10.9. The third-order valence-corrected chi connectivity index (χ3v) is 5.55. The molecule has 1 fully saturated rings. The van der Waals surface area contributed by atoms with Crippen LogP contribution in [0.1, 0.15) is 29.5 Å². The molecule has 8 nitrogen and oxygen atoms in total. The number of β-amino-alcohol motifs (C(OH)–C–C–N with tert-alkyl or cyclic N) is 1. The first kappa shape index (κ1) is 22.4. The number of amides is 2. The minimum atomic E-state index is -0.779. The van der Waals surface area contributed by atoms with Gasteiger partial charge in [0.2, 0.25) is 17.8 Å². The summed E-state index contributed by atoms with van der Waals surface area (Å²) in [5.41, 5.74) is 3.95. The molecular formula is C25H27N5O3. The van der Waals surface area contributed by atoms with E-state index >= 15 is 0 Å². The highest BCUT2D eigenvalue weighted by Crippen LogP contribution is 2.24. The molecule has 2 atom stereocenters. The van der Waals surface area contributed by atoms with Crippen LogP contribution in [0.4, 0.5) is 17.3 Å². The minimum Gasteiger partial charge on any atom is -0.387 e. The Bertz CT molecular complexity index is 1110. The number of aromatic nitrogens is 2. The van der Waals surface area contributed by atoms with Crippen molar-refractivity contribution in [2.75, 3.05) is 23.7 Å². The van der Waals surface area contributed by atoms with E-state index in [0.717, 1.165) is 22.6 Å². The number of rotatable bonds is 7. The highest BCUT2D eigenvalue weighted by Gasteiger charge is 2.35. The molecule has 1 aliphatic heterocycles. The van der Waals surface area contributed by atoms with Crippen LogP contribution in [0.3, 0.4) is 0 Å². The van der Waals surface area contributed by atoms with Crippen LogP contribution < -0.4 is 10.6 Å². The van der Waals surface area contributed by atoms with E-state index in [4.69, 9.17) is 0 Å². The molecule has 0 bridgehead atoms. The molecule has 0 aliphatic carbocycles. The molecule has 2 amide bonds. The fourth-order valence-corrected chi connectivity index (χ4v) is 3.91. The number of carbonyl (C=O) groups excluding carboxylic acids is 2. The molecule has 3 aromatic rings. The molecule has 0 spiro atoms. The predicted molar refractivity (Wildman–Crippen MR) is 126 cm³/mol. The number of aryl methyl sites for hydroxylation is 2. The number of hydrogen-bond donors (Lipinski definition) is 3. The molecule has 2 heterocycles. The van der Waals surface area contributed by atoms with Crippen molar-refractivity contribution in [3.63, 3.8) is 0 Å². The van der Waals surface area contributed by atoms with Crippen molar-refractivity contribution in [2.24, 2.45) is 5.92 Å². The van der Waals surface area contributed by atoms with Crippen LogP contribution in [-0.4, -0.2) is 44.9 Å². The molecule has 2 unspecified atom stereocenters. The van der Waals surface area contributed by atoms with E-state index in [0.29, 0.717) is 11.6 Å². The number of nitrogens with zero attached hydrogens (tertiary/aromatic N) is 3. The van der Waals surface area contributed by atoms with E-state index in [1.54, 1.807) is 17.0 Å². The summed E-state index contributed by atoms with van der Waals surface area (Å²) >= 11 is 0. The number of nitrogens with one attached hydrogen (secondary N) is 2. The summed E-state index contributed by atoms with van der Waals surface area (Å²) in [5.74, 6) is -0.273. The highest BCUT2D eigenvalue weighted by atomic mass is 16.3. The average Bonchev–Trinajstić information content (AvgIpc) is 3.15. The Labute approximate surface area is 192 Å². The molecule has 170 valence electrons. The molecule has 0 saturated carbocycles. The van der Waals surface area contributed by atoms with Gasteiger partial charge in [0, 0.05) is 35.7 Å². The number of hydrogen-bond acceptors (Lipinski definition) is 6. The lowest BCUT2D eigenvalue weighted by molar-refractivity contribution is -0.129. The summed E-state index contributed by atoms with van der Waals surface area (Å²) in [4.78, 5) is 35.4. The van der Waals surface area contributed by atoms with Gasteiger partial charge in [-0.25, -0.2) is 9.97 Å². The largest absolute Gasteiger partial charge is 0.387 e. The Morgan fingerprint density at radius 3 is 2.36 bits per heavy atom. The fraction of sp³-hybridized carbons (Fsp3) is 0.280. The van der Waals surface area contributed by atoms with Gasteiger partial charge in [0.15, 0.2) is 0 Å². The Morgan fingerprint density at radius 1 is 1.06 bits per heavy atom. The Hall–Kier alpha value is -3.78. The molecule has 1 aromatic heterocycles. The average molecular weight is 446 g/mol. The second-order valence-corrected chi connectivity index (χ2v) is 8.29. The van der Waals surface area contributed by atoms with Crippen LogP contribution in [0.5, 0.6) is 0 Å². The normalized spacial score (nSPS) is 16.5. The first-order valence-corrected chi connectivity index (χ1v) is 10.9. The number of anilines is 3. The van der Waals surface area contributed by atoms with Gasteiger partial charge in [0.25, 0.3) is 0 Å². The van der Waals surface area contributed by atoms with E-state index < -0.39 is 12.0 Å². The van der Waals surface area contributed by atoms with Crippen LogP contribution in [0, 0.1) is 19.8 Å². The van der Waals surface area contributed by atoms with E-state index in [9.17, 15) is 14.7 Å². The zero-order valence-corrected chi connectivity index (χ0v) is 18.7. The van der Waals surface area contributed by atoms with Crippen molar-refractivity contribution < 1.29 is 14.7 Å². The minimum absolute atomic E-state index is 0.127. The second-order valence-electron chi connectivity index (χ2n) is 8.29. The lowest BCUT2D eigenvalue weighted by Crippen LogP contribution is -2.31. The highest BCUT2D eigenvalue weighted by molar-refractivity contribution is 5.97. The zero-order valence-electron chi connectivity index (χ0n) is 18.7. The van der Waals surface area contributed by atoms with Gasteiger partial charge < -0.3 is 20.6 Å². The van der Waals surface area contributed by atoms with Crippen LogP contribution in [0.15, 0.2) is 60.7 Å². The van der Waals surface area contributed by atoms with Gasteiger partial charge in [-0.05, 0) is 49.7 Å². The summed E-state index contributed by atoms with van der Waals surface area (Å²) < 4.78 is 0. The molecule has 1 saturated heterocycles. The maximum atomic E-state index is 12.7. The monoisotopic (exact) mass is 445 g/mol. The Balaban J connectivity index is 1.32. The van der Waals surface area contributed by atoms with Crippen LogP contribution in [0.2, 0.25) is 0 Å². The number of aliphatic hydroxyl groups is 1. The van der Waals surface area contributed by atoms with Gasteiger partial charge in [-0.1, -0.05) is 30.3 Å². The second kappa shape index (κ2) is 9.79. The molecule has 33 heavy (non-hydrogen) atoms. The van der Waals surface area contributed by atoms with Gasteiger partial charge in [-0.3, -0.25) is 9.59 Å². The predicted octanol–water partition coefficient (Wildman–Crippen LogP) is 3.36. The topological polar surface area (TPSA) is 107 Å². The summed E-state index contributed by atoms with van der Waals surface area (Å²) in [7, 11) is 0. The molecule has 4 rings (SSSR count). The van der Waals surface area contributed by atoms with Gasteiger partial charge in [0.1, 0.15) is 0 Å². The van der Waals surface area contributed by atoms with Crippen LogP contribution in [-0.2, 0) is 9.59 Å². The smallest absolute Gasteiger partial charge is 0.229 e.